The van der Waals surface area contributed by atoms with Gasteiger partial charge in [-0.15, -0.1) is 4.28 Å². The monoisotopic (exact) mass is 482 g/mol. The molecule has 1 atom stereocenters. The number of hydroxylamine groups is 1. The van der Waals surface area contributed by atoms with Crippen LogP contribution in [0.15, 0.2) is 58.1 Å². The van der Waals surface area contributed by atoms with Crippen LogP contribution >= 0.6 is 11.6 Å². The molecule has 1 heterocycles. The van der Waals surface area contributed by atoms with Crippen molar-refractivity contribution in [3.05, 3.63) is 70.1 Å². The number of dihydropyridines is 1. The van der Waals surface area contributed by atoms with Crippen LogP contribution in [0.1, 0.15) is 23.6 Å². The molecule has 2 aromatic carbocycles. The van der Waals surface area contributed by atoms with E-state index >= 15 is 0 Å². The molecule has 1 aliphatic heterocycles. The number of halogens is 2. The number of aryl methyl sites for hydroxylation is 1. The lowest BCUT2D eigenvalue weighted by Gasteiger charge is -2.22. The van der Waals surface area contributed by atoms with Gasteiger partial charge in [0, 0.05) is 17.7 Å². The summed E-state index contributed by atoms with van der Waals surface area (Å²) in [6, 6.07) is 8.03. The van der Waals surface area contributed by atoms with Gasteiger partial charge >= 0.3 is 16.1 Å². The average Bonchev–Trinajstić information content (AvgIpc) is 2.77. The number of rotatable bonds is 7. The molecule has 0 aromatic heterocycles. The number of nitrogens with zero attached hydrogens (tertiary/aromatic N) is 1. The molecule has 0 bridgehead atoms. The zero-order valence-corrected chi connectivity index (χ0v) is 19.0. The molecule has 0 spiro atoms. The third kappa shape index (κ3) is 5.09. The quantitative estimate of drug-likeness (QED) is 0.474. The highest BCUT2D eigenvalue weighted by Crippen LogP contribution is 2.37. The number of methoxy groups -OCH3 is 2. The largest absolute Gasteiger partial charge is 0.492 e. The van der Waals surface area contributed by atoms with Crippen LogP contribution in [-0.2, 0) is 23.9 Å². The van der Waals surface area contributed by atoms with Gasteiger partial charge in [-0.2, -0.15) is 8.42 Å². The van der Waals surface area contributed by atoms with Crippen molar-refractivity contribution in [2.45, 2.75) is 24.3 Å². The number of nitrogens with one attached hydrogen (secondary N) is 1. The fourth-order valence-corrected chi connectivity index (χ4v) is 4.01. The number of esters is 1. The lowest BCUT2D eigenvalue weighted by atomic mass is 9.98. The summed E-state index contributed by atoms with van der Waals surface area (Å²) in [6.45, 7) is 1.82. The molecule has 1 aliphatic rings. The molecule has 3 rings (SSSR count). The number of ether oxygens (including phenoxy) is 2. The topological polar surface area (TPSA) is 103 Å². The highest BCUT2D eigenvalue weighted by Gasteiger charge is 2.28. The number of carbonyl (C=O) groups excluding carboxylic acids is 1. The standard InChI is InChI=1S/C21H20ClFN2O6S/c1-12-4-6-14(7-5-12)32(27,28)31-25-13-10-17(24-18(11-13)21(26)30-3)15-8-9-16(22)20(29-2)19(15)23/h4-9,11,17,25H,10H2,1-3H3. The second-order valence-electron chi connectivity index (χ2n) is 6.83. The van der Waals surface area contributed by atoms with Gasteiger partial charge in [0.25, 0.3) is 0 Å². The van der Waals surface area contributed by atoms with Crippen molar-refractivity contribution in [3.63, 3.8) is 0 Å². The number of carbonyl (C=O) groups is 1. The van der Waals surface area contributed by atoms with Crippen LogP contribution in [0.25, 0.3) is 0 Å². The van der Waals surface area contributed by atoms with E-state index in [0.717, 1.165) is 5.56 Å². The molecule has 0 amide bonds. The first-order chi connectivity index (χ1) is 15.2. The molecule has 1 N–H and O–H groups in total. The fraction of sp³-hybridized carbons (Fsp3) is 0.238. The summed E-state index contributed by atoms with van der Waals surface area (Å²) in [4.78, 5) is 16.3. The summed E-state index contributed by atoms with van der Waals surface area (Å²) in [5.41, 5.74) is 3.36. The number of benzene rings is 2. The Morgan fingerprint density at radius 1 is 1.19 bits per heavy atom. The maximum absolute atomic E-state index is 14.9. The molecule has 8 nitrogen and oxygen atoms in total. The SMILES string of the molecule is COC(=O)C1=NC(c2ccc(Cl)c(OC)c2F)CC(NOS(=O)(=O)c2ccc(C)cc2)=C1. The van der Waals surface area contributed by atoms with Crippen molar-refractivity contribution in [1.29, 1.82) is 0 Å². The molecule has 0 fully saturated rings. The zero-order chi connectivity index (χ0) is 23.5. The first-order valence-corrected chi connectivity index (χ1v) is 11.1. The van der Waals surface area contributed by atoms with E-state index in [-0.39, 0.29) is 39.1 Å². The molecule has 170 valence electrons. The first kappa shape index (κ1) is 23.7. The maximum Gasteiger partial charge on any atom is 0.356 e. The Morgan fingerprint density at radius 2 is 1.88 bits per heavy atom. The van der Waals surface area contributed by atoms with Crippen LogP contribution in [0.4, 0.5) is 4.39 Å². The molecular weight excluding hydrogens is 463 g/mol. The Morgan fingerprint density at radius 3 is 2.50 bits per heavy atom. The molecule has 0 radical (unpaired) electrons. The van der Waals surface area contributed by atoms with Crippen LogP contribution in [0.3, 0.4) is 0 Å². The van der Waals surface area contributed by atoms with Crippen molar-refractivity contribution in [1.82, 2.24) is 5.48 Å². The van der Waals surface area contributed by atoms with Gasteiger partial charge in [0.05, 0.1) is 30.2 Å². The van der Waals surface area contributed by atoms with E-state index in [4.69, 9.17) is 25.4 Å². The summed E-state index contributed by atoms with van der Waals surface area (Å²) in [6.07, 6.45) is 1.28. The van der Waals surface area contributed by atoms with Crippen molar-refractivity contribution in [2.24, 2.45) is 4.99 Å². The molecule has 0 saturated carbocycles. The van der Waals surface area contributed by atoms with E-state index in [1.54, 1.807) is 12.1 Å². The lowest BCUT2D eigenvalue weighted by Crippen LogP contribution is -2.27. The van der Waals surface area contributed by atoms with E-state index in [9.17, 15) is 17.6 Å². The molecule has 2 aromatic rings. The smallest absolute Gasteiger partial charge is 0.356 e. The van der Waals surface area contributed by atoms with Gasteiger partial charge < -0.3 is 9.47 Å². The Kier molecular flexibility index (Phi) is 7.17. The van der Waals surface area contributed by atoms with Crippen LogP contribution in [-0.4, -0.2) is 34.3 Å². The molecule has 0 saturated heterocycles. The van der Waals surface area contributed by atoms with Gasteiger partial charge in [-0.1, -0.05) is 35.4 Å². The van der Waals surface area contributed by atoms with Crippen molar-refractivity contribution in [2.75, 3.05) is 14.2 Å². The third-order valence-corrected chi connectivity index (χ3v) is 6.10. The molecule has 0 aliphatic carbocycles. The minimum atomic E-state index is -4.15. The van der Waals surface area contributed by atoms with Gasteiger partial charge in [-0.25, -0.2) is 9.18 Å². The Bertz CT molecular complexity index is 1200. The molecule has 11 heteroatoms. The highest BCUT2D eigenvalue weighted by atomic mass is 35.5. The lowest BCUT2D eigenvalue weighted by molar-refractivity contribution is -0.132. The summed E-state index contributed by atoms with van der Waals surface area (Å²) in [5.74, 6) is -1.69. The van der Waals surface area contributed by atoms with E-state index in [1.165, 1.54) is 44.6 Å². The third-order valence-electron chi connectivity index (χ3n) is 4.65. The van der Waals surface area contributed by atoms with Gasteiger partial charge in [-0.3, -0.25) is 10.5 Å². The number of hydrogen-bond donors (Lipinski definition) is 1. The summed E-state index contributed by atoms with van der Waals surface area (Å²) >= 11 is 5.95. The zero-order valence-electron chi connectivity index (χ0n) is 17.4. The Balaban J connectivity index is 1.89. The van der Waals surface area contributed by atoms with Crippen molar-refractivity contribution < 1.29 is 31.4 Å². The van der Waals surface area contributed by atoms with Crippen molar-refractivity contribution >= 4 is 33.4 Å². The van der Waals surface area contributed by atoms with E-state index < -0.39 is 27.9 Å². The van der Waals surface area contributed by atoms with Gasteiger partial charge in [0.2, 0.25) is 0 Å². The minimum Gasteiger partial charge on any atom is -0.492 e. The molecule has 32 heavy (non-hydrogen) atoms. The fourth-order valence-electron chi connectivity index (χ4n) is 3.00. The summed E-state index contributed by atoms with van der Waals surface area (Å²) < 4.78 is 54.5. The summed E-state index contributed by atoms with van der Waals surface area (Å²) in [5, 5.41) is 0.0724. The average molecular weight is 483 g/mol. The number of aliphatic imine (C=N–C) groups is 1. The second kappa shape index (κ2) is 9.68. The Labute approximate surface area is 189 Å². The van der Waals surface area contributed by atoms with Gasteiger partial charge in [0.1, 0.15) is 5.71 Å². The van der Waals surface area contributed by atoms with E-state index in [1.807, 2.05) is 6.92 Å². The van der Waals surface area contributed by atoms with Crippen LogP contribution in [0.2, 0.25) is 5.02 Å². The summed E-state index contributed by atoms with van der Waals surface area (Å²) in [7, 11) is -1.71. The van der Waals surface area contributed by atoms with Gasteiger partial charge in [-0.05, 0) is 31.2 Å². The predicted molar refractivity (Wildman–Crippen MR) is 115 cm³/mol. The first-order valence-electron chi connectivity index (χ1n) is 9.31. The van der Waals surface area contributed by atoms with Crippen molar-refractivity contribution in [3.8, 4) is 5.75 Å². The highest BCUT2D eigenvalue weighted by molar-refractivity contribution is 7.86. The van der Waals surface area contributed by atoms with E-state index in [0.29, 0.717) is 0 Å². The minimum absolute atomic E-state index is 0.00557. The van der Waals surface area contributed by atoms with Crippen LogP contribution < -0.4 is 10.2 Å². The van der Waals surface area contributed by atoms with Crippen LogP contribution in [0.5, 0.6) is 5.75 Å². The normalized spacial score (nSPS) is 16.1. The Hall–Kier alpha value is -2.95. The predicted octanol–water partition coefficient (Wildman–Crippen LogP) is 3.65. The molecule has 1 unspecified atom stereocenters. The number of hydrogen-bond acceptors (Lipinski definition) is 8. The maximum atomic E-state index is 14.9. The van der Waals surface area contributed by atoms with Gasteiger partial charge in [0.15, 0.2) is 11.6 Å². The van der Waals surface area contributed by atoms with Crippen LogP contribution in [0, 0.1) is 12.7 Å². The molecular formula is C21H20ClFN2O6S. The van der Waals surface area contributed by atoms with E-state index in [2.05, 4.69) is 10.5 Å². The second-order valence-corrected chi connectivity index (χ2v) is 8.79.